The maximum absolute atomic E-state index is 6.52. The van der Waals surface area contributed by atoms with Gasteiger partial charge in [0.15, 0.2) is 0 Å². The molecule has 0 aliphatic heterocycles. The highest BCUT2D eigenvalue weighted by Crippen LogP contribution is 2.47. The minimum Gasteiger partial charge on any atom is -0.397 e. The zero-order valence-electron chi connectivity index (χ0n) is 14.3. The molecule has 0 amide bonds. The topological polar surface area (TPSA) is 90.7 Å². The van der Waals surface area contributed by atoms with Crippen LogP contribution in [0.25, 0.3) is 21.5 Å². The van der Waals surface area contributed by atoms with E-state index in [2.05, 4.69) is 29.9 Å². The Balaban J connectivity index is 1.85. The summed E-state index contributed by atoms with van der Waals surface area (Å²) >= 11 is 3.63. The highest BCUT2D eigenvalue weighted by Gasteiger charge is 2.24. The van der Waals surface area contributed by atoms with Crippen molar-refractivity contribution in [2.45, 2.75) is 48.5 Å². The van der Waals surface area contributed by atoms with Crippen molar-refractivity contribution >= 4 is 45.0 Å². The van der Waals surface area contributed by atoms with Crippen LogP contribution in [0, 0.1) is 0 Å². The number of anilines is 2. The standard InChI is InChI=1S/C18H21N5S2/c1-9(2)12-6-13(10-7-21-18(20)22-8-10)23-16-14(12)15(19)17(25-16)24-11-4-3-5-11/h6-9,11H,3-5,19H2,1-2H3,(H2,20,21,22). The third-order valence-corrected chi connectivity index (χ3v) is 7.28. The number of rotatable bonds is 4. The summed E-state index contributed by atoms with van der Waals surface area (Å²) in [7, 11) is 0. The van der Waals surface area contributed by atoms with Gasteiger partial charge in [0, 0.05) is 28.6 Å². The summed E-state index contributed by atoms with van der Waals surface area (Å²) in [5.74, 6) is 0.630. The number of fused-ring (bicyclic) bond motifs is 1. The molecular formula is C18H21N5S2. The second-order valence-corrected chi connectivity index (χ2v) is 9.30. The van der Waals surface area contributed by atoms with Crippen molar-refractivity contribution in [3.8, 4) is 11.3 Å². The van der Waals surface area contributed by atoms with E-state index in [1.54, 1.807) is 23.7 Å². The maximum atomic E-state index is 6.52. The van der Waals surface area contributed by atoms with Gasteiger partial charge in [-0.1, -0.05) is 20.3 Å². The van der Waals surface area contributed by atoms with Crippen LogP contribution in [0.3, 0.4) is 0 Å². The summed E-state index contributed by atoms with van der Waals surface area (Å²) in [6, 6.07) is 2.11. The van der Waals surface area contributed by atoms with Gasteiger partial charge in [-0.05, 0) is 30.4 Å². The summed E-state index contributed by atoms with van der Waals surface area (Å²) in [5.41, 5.74) is 16.0. The third-order valence-electron chi connectivity index (χ3n) is 4.61. The van der Waals surface area contributed by atoms with Gasteiger partial charge in [-0.25, -0.2) is 15.0 Å². The van der Waals surface area contributed by atoms with Crippen molar-refractivity contribution in [2.24, 2.45) is 0 Å². The number of hydrogen-bond donors (Lipinski definition) is 2. The molecule has 3 aromatic heterocycles. The van der Waals surface area contributed by atoms with Crippen molar-refractivity contribution in [3.05, 3.63) is 24.0 Å². The minimum absolute atomic E-state index is 0.272. The van der Waals surface area contributed by atoms with Crippen LogP contribution in [0.4, 0.5) is 11.6 Å². The number of hydrogen-bond acceptors (Lipinski definition) is 7. The number of pyridine rings is 1. The van der Waals surface area contributed by atoms with Crippen LogP contribution in [-0.2, 0) is 0 Å². The van der Waals surface area contributed by atoms with E-state index in [4.69, 9.17) is 16.5 Å². The van der Waals surface area contributed by atoms with E-state index >= 15 is 0 Å². The Morgan fingerprint density at radius 1 is 1.20 bits per heavy atom. The summed E-state index contributed by atoms with van der Waals surface area (Å²) < 4.78 is 1.21. The van der Waals surface area contributed by atoms with Crippen LogP contribution in [0.15, 0.2) is 22.7 Å². The first-order valence-electron chi connectivity index (χ1n) is 8.50. The first kappa shape index (κ1) is 16.6. The van der Waals surface area contributed by atoms with Gasteiger partial charge in [0.2, 0.25) is 5.95 Å². The summed E-state index contributed by atoms with van der Waals surface area (Å²) in [5, 5.41) is 1.82. The molecule has 7 heteroatoms. The van der Waals surface area contributed by atoms with E-state index in [-0.39, 0.29) is 5.95 Å². The number of nitrogen functional groups attached to an aromatic ring is 2. The molecule has 0 bridgehead atoms. The van der Waals surface area contributed by atoms with E-state index in [9.17, 15) is 0 Å². The highest BCUT2D eigenvalue weighted by atomic mass is 32.2. The third kappa shape index (κ3) is 3.06. The monoisotopic (exact) mass is 371 g/mol. The predicted molar refractivity (Wildman–Crippen MR) is 107 cm³/mol. The molecule has 1 fully saturated rings. The highest BCUT2D eigenvalue weighted by molar-refractivity contribution is 8.02. The van der Waals surface area contributed by atoms with Crippen LogP contribution in [0.1, 0.15) is 44.6 Å². The van der Waals surface area contributed by atoms with E-state index in [0.29, 0.717) is 11.2 Å². The van der Waals surface area contributed by atoms with Crippen molar-refractivity contribution in [1.29, 1.82) is 0 Å². The van der Waals surface area contributed by atoms with E-state index < -0.39 is 0 Å². The molecule has 0 atom stereocenters. The number of nitrogens with zero attached hydrogens (tertiary/aromatic N) is 3. The van der Waals surface area contributed by atoms with Gasteiger partial charge in [-0.3, -0.25) is 0 Å². The molecular weight excluding hydrogens is 350 g/mol. The average Bonchev–Trinajstić information content (AvgIpc) is 2.87. The fourth-order valence-electron chi connectivity index (χ4n) is 2.93. The molecule has 0 radical (unpaired) electrons. The first-order valence-corrected chi connectivity index (χ1v) is 10.2. The van der Waals surface area contributed by atoms with Gasteiger partial charge in [-0.15, -0.1) is 23.1 Å². The van der Waals surface area contributed by atoms with Gasteiger partial charge in [0.25, 0.3) is 0 Å². The first-order chi connectivity index (χ1) is 12.0. The van der Waals surface area contributed by atoms with Crippen LogP contribution in [0.5, 0.6) is 0 Å². The van der Waals surface area contributed by atoms with Gasteiger partial charge in [0.05, 0.1) is 15.6 Å². The zero-order chi connectivity index (χ0) is 17.6. The van der Waals surface area contributed by atoms with E-state index in [0.717, 1.165) is 27.2 Å². The molecule has 0 aromatic carbocycles. The summed E-state index contributed by atoms with van der Waals surface area (Å²) in [4.78, 5) is 14.0. The van der Waals surface area contributed by atoms with Crippen LogP contribution >= 0.6 is 23.1 Å². The predicted octanol–water partition coefficient (Wildman–Crippen LogP) is 4.69. The fraction of sp³-hybridized carbons (Fsp3) is 0.389. The normalized spacial score (nSPS) is 15.0. The lowest BCUT2D eigenvalue weighted by molar-refractivity contribution is 0.522. The minimum atomic E-state index is 0.272. The molecule has 4 rings (SSSR count). The average molecular weight is 372 g/mol. The van der Waals surface area contributed by atoms with Gasteiger partial charge >= 0.3 is 0 Å². The van der Waals surface area contributed by atoms with Crippen molar-refractivity contribution in [2.75, 3.05) is 11.5 Å². The van der Waals surface area contributed by atoms with Crippen LogP contribution in [0.2, 0.25) is 0 Å². The Hall–Kier alpha value is -1.86. The second kappa shape index (κ2) is 6.46. The molecule has 25 heavy (non-hydrogen) atoms. The molecule has 4 N–H and O–H groups in total. The zero-order valence-corrected chi connectivity index (χ0v) is 16.0. The number of thioether (sulfide) groups is 1. The van der Waals surface area contributed by atoms with E-state index in [1.165, 1.54) is 29.0 Å². The summed E-state index contributed by atoms with van der Waals surface area (Å²) in [6.45, 7) is 4.38. The quantitative estimate of drug-likeness (QED) is 0.691. The van der Waals surface area contributed by atoms with Gasteiger partial charge in [0.1, 0.15) is 4.83 Å². The largest absolute Gasteiger partial charge is 0.397 e. The fourth-order valence-corrected chi connectivity index (χ4v) is 5.73. The molecule has 130 valence electrons. The Labute approximate surface area is 155 Å². The molecule has 1 aliphatic carbocycles. The maximum Gasteiger partial charge on any atom is 0.219 e. The van der Waals surface area contributed by atoms with Crippen LogP contribution in [-0.4, -0.2) is 20.2 Å². The molecule has 1 aliphatic rings. The summed E-state index contributed by atoms with van der Waals surface area (Å²) in [6.07, 6.45) is 7.36. The van der Waals surface area contributed by atoms with E-state index in [1.807, 2.05) is 11.8 Å². The molecule has 3 aromatic rings. The molecule has 0 unspecified atom stereocenters. The van der Waals surface area contributed by atoms with Crippen LogP contribution < -0.4 is 11.5 Å². The molecule has 3 heterocycles. The molecule has 0 spiro atoms. The van der Waals surface area contributed by atoms with Gasteiger partial charge in [-0.2, -0.15) is 0 Å². The Morgan fingerprint density at radius 2 is 1.92 bits per heavy atom. The van der Waals surface area contributed by atoms with Gasteiger partial charge < -0.3 is 11.5 Å². The Bertz CT molecular complexity index is 913. The molecule has 1 saturated carbocycles. The lowest BCUT2D eigenvalue weighted by atomic mass is 9.98. The van der Waals surface area contributed by atoms with Crippen molar-refractivity contribution in [1.82, 2.24) is 15.0 Å². The van der Waals surface area contributed by atoms with Crippen molar-refractivity contribution < 1.29 is 0 Å². The van der Waals surface area contributed by atoms with Crippen molar-refractivity contribution in [3.63, 3.8) is 0 Å². The molecule has 0 saturated heterocycles. The SMILES string of the molecule is CC(C)c1cc(-c2cnc(N)nc2)nc2sc(SC3CCC3)c(N)c12. The number of thiophene rings is 1. The second-order valence-electron chi connectivity index (χ2n) is 6.74. The molecule has 5 nitrogen and oxygen atoms in total. The number of aromatic nitrogens is 3. The lowest BCUT2D eigenvalue weighted by Gasteiger charge is -2.23. The Morgan fingerprint density at radius 3 is 2.52 bits per heavy atom. The smallest absolute Gasteiger partial charge is 0.219 e. The Kier molecular flexibility index (Phi) is 4.29. The number of nitrogens with two attached hydrogens (primary N) is 2. The lowest BCUT2D eigenvalue weighted by Crippen LogP contribution is -2.12.